The van der Waals surface area contributed by atoms with Gasteiger partial charge in [0.25, 0.3) is 0 Å². The van der Waals surface area contributed by atoms with Crippen molar-refractivity contribution < 1.29 is 4.39 Å². The molecule has 1 N–H and O–H groups in total. The number of benzene rings is 2. The third kappa shape index (κ3) is 3.65. The minimum atomic E-state index is -0.127. The lowest BCUT2D eigenvalue weighted by molar-refractivity contribution is 0.508. The first-order valence-corrected chi connectivity index (χ1v) is 6.68. The number of rotatable bonds is 5. The Kier molecular flexibility index (Phi) is 4.69. The summed E-state index contributed by atoms with van der Waals surface area (Å²) in [5.74, 6) is -0.127. The van der Waals surface area contributed by atoms with E-state index in [0.717, 1.165) is 24.0 Å². The summed E-state index contributed by atoms with van der Waals surface area (Å²) in [6, 6.07) is 15.7. The fourth-order valence-corrected chi connectivity index (χ4v) is 2.34. The summed E-state index contributed by atoms with van der Waals surface area (Å²) in [6.45, 7) is 1.99. The first kappa shape index (κ1) is 13.8. The summed E-state index contributed by atoms with van der Waals surface area (Å²) in [5, 5.41) is 3.22. The molecule has 1 atom stereocenters. The van der Waals surface area contributed by atoms with Gasteiger partial charge in [0, 0.05) is 11.6 Å². The zero-order valence-corrected chi connectivity index (χ0v) is 11.5. The zero-order chi connectivity index (χ0) is 13.7. The molecule has 0 spiro atoms. The number of nitrogens with one attached hydrogen (secondary N) is 1. The van der Waals surface area contributed by atoms with Crippen molar-refractivity contribution in [3.63, 3.8) is 0 Å². The number of hydrogen-bond donors (Lipinski definition) is 1. The predicted molar refractivity (Wildman–Crippen MR) is 77.7 cm³/mol. The van der Waals surface area contributed by atoms with Gasteiger partial charge in [-0.25, -0.2) is 4.39 Å². The SMILES string of the molecule is CNC(CCc1ccccc1)c1cc(C)ccc1F. The van der Waals surface area contributed by atoms with Crippen LogP contribution in [0.4, 0.5) is 4.39 Å². The van der Waals surface area contributed by atoms with Crippen molar-refractivity contribution in [3.05, 3.63) is 71.0 Å². The molecule has 100 valence electrons. The molecule has 2 heteroatoms. The standard InChI is InChI=1S/C17H20FN/c1-13-8-10-16(18)15(12-13)17(19-2)11-9-14-6-4-3-5-7-14/h3-8,10,12,17,19H,9,11H2,1-2H3. The third-order valence-electron chi connectivity index (χ3n) is 3.44. The van der Waals surface area contributed by atoms with Crippen LogP contribution >= 0.6 is 0 Å². The lowest BCUT2D eigenvalue weighted by Crippen LogP contribution is -2.18. The Hall–Kier alpha value is -1.67. The van der Waals surface area contributed by atoms with Gasteiger partial charge in [0.05, 0.1) is 0 Å². The van der Waals surface area contributed by atoms with Gasteiger partial charge in [-0.1, -0.05) is 48.0 Å². The van der Waals surface area contributed by atoms with Gasteiger partial charge in [-0.05, 0) is 38.4 Å². The third-order valence-corrected chi connectivity index (χ3v) is 3.44. The highest BCUT2D eigenvalue weighted by molar-refractivity contribution is 5.27. The Bertz CT molecular complexity index is 522. The number of hydrogen-bond acceptors (Lipinski definition) is 1. The topological polar surface area (TPSA) is 12.0 Å². The van der Waals surface area contributed by atoms with Crippen LogP contribution in [0.5, 0.6) is 0 Å². The summed E-state index contributed by atoms with van der Waals surface area (Å²) in [6.07, 6.45) is 1.83. The molecular formula is C17H20FN. The fourth-order valence-electron chi connectivity index (χ4n) is 2.34. The van der Waals surface area contributed by atoms with Gasteiger partial charge in [-0.15, -0.1) is 0 Å². The van der Waals surface area contributed by atoms with Gasteiger partial charge in [0.2, 0.25) is 0 Å². The largest absolute Gasteiger partial charge is 0.313 e. The first-order valence-electron chi connectivity index (χ1n) is 6.68. The van der Waals surface area contributed by atoms with Gasteiger partial charge in [0.15, 0.2) is 0 Å². The summed E-state index contributed by atoms with van der Waals surface area (Å²) < 4.78 is 13.9. The minimum absolute atomic E-state index is 0.0557. The average molecular weight is 257 g/mol. The van der Waals surface area contributed by atoms with Gasteiger partial charge < -0.3 is 5.32 Å². The van der Waals surface area contributed by atoms with E-state index in [1.165, 1.54) is 5.56 Å². The molecule has 1 nitrogen and oxygen atoms in total. The van der Waals surface area contributed by atoms with Crippen LogP contribution in [-0.2, 0) is 6.42 Å². The van der Waals surface area contributed by atoms with E-state index < -0.39 is 0 Å². The molecule has 0 aliphatic rings. The summed E-state index contributed by atoms with van der Waals surface area (Å²) in [4.78, 5) is 0. The molecule has 0 aromatic heterocycles. The fraction of sp³-hybridized carbons (Fsp3) is 0.294. The van der Waals surface area contributed by atoms with Crippen LogP contribution in [-0.4, -0.2) is 7.05 Å². The molecule has 0 amide bonds. The molecule has 0 aliphatic heterocycles. The maximum atomic E-state index is 13.9. The Morgan fingerprint density at radius 3 is 2.53 bits per heavy atom. The predicted octanol–water partition coefficient (Wildman–Crippen LogP) is 4.03. The van der Waals surface area contributed by atoms with E-state index in [-0.39, 0.29) is 11.9 Å². The van der Waals surface area contributed by atoms with Gasteiger partial charge >= 0.3 is 0 Å². The first-order chi connectivity index (χ1) is 9.20. The van der Waals surface area contributed by atoms with E-state index in [9.17, 15) is 4.39 Å². The van der Waals surface area contributed by atoms with Crippen LogP contribution in [0.1, 0.15) is 29.2 Å². The van der Waals surface area contributed by atoms with E-state index in [1.807, 2.05) is 44.3 Å². The van der Waals surface area contributed by atoms with Gasteiger partial charge in [-0.3, -0.25) is 0 Å². The monoisotopic (exact) mass is 257 g/mol. The van der Waals surface area contributed by atoms with Crippen LogP contribution in [0, 0.1) is 12.7 Å². The van der Waals surface area contributed by atoms with Gasteiger partial charge in [0.1, 0.15) is 5.82 Å². The van der Waals surface area contributed by atoms with Gasteiger partial charge in [-0.2, -0.15) is 0 Å². The van der Waals surface area contributed by atoms with E-state index in [0.29, 0.717) is 0 Å². The molecule has 0 heterocycles. The molecule has 0 radical (unpaired) electrons. The molecule has 2 aromatic rings. The lowest BCUT2D eigenvalue weighted by atomic mass is 9.97. The second-order valence-corrected chi connectivity index (χ2v) is 4.89. The maximum Gasteiger partial charge on any atom is 0.127 e. The Morgan fingerprint density at radius 1 is 1.11 bits per heavy atom. The zero-order valence-electron chi connectivity index (χ0n) is 11.5. The molecular weight excluding hydrogens is 237 g/mol. The Morgan fingerprint density at radius 2 is 1.84 bits per heavy atom. The minimum Gasteiger partial charge on any atom is -0.313 e. The second kappa shape index (κ2) is 6.48. The Balaban J connectivity index is 2.10. The summed E-state index contributed by atoms with van der Waals surface area (Å²) >= 11 is 0. The van der Waals surface area contributed by atoms with Crippen molar-refractivity contribution in [2.75, 3.05) is 7.05 Å². The van der Waals surface area contributed by atoms with Crippen molar-refractivity contribution in [2.45, 2.75) is 25.8 Å². The maximum absolute atomic E-state index is 13.9. The Labute approximate surface area is 114 Å². The number of aryl methyl sites for hydroxylation is 2. The van der Waals surface area contributed by atoms with E-state index >= 15 is 0 Å². The molecule has 2 rings (SSSR count). The lowest BCUT2D eigenvalue weighted by Gasteiger charge is -2.18. The summed E-state index contributed by atoms with van der Waals surface area (Å²) in [7, 11) is 1.89. The van der Waals surface area contributed by atoms with E-state index in [4.69, 9.17) is 0 Å². The van der Waals surface area contributed by atoms with Crippen molar-refractivity contribution in [1.29, 1.82) is 0 Å². The van der Waals surface area contributed by atoms with Crippen LogP contribution in [0.2, 0.25) is 0 Å². The highest BCUT2D eigenvalue weighted by Crippen LogP contribution is 2.22. The van der Waals surface area contributed by atoms with Crippen LogP contribution < -0.4 is 5.32 Å². The van der Waals surface area contributed by atoms with E-state index in [1.54, 1.807) is 6.07 Å². The highest BCUT2D eigenvalue weighted by Gasteiger charge is 2.14. The quantitative estimate of drug-likeness (QED) is 0.852. The van der Waals surface area contributed by atoms with Crippen LogP contribution in [0.25, 0.3) is 0 Å². The molecule has 0 saturated carbocycles. The molecule has 19 heavy (non-hydrogen) atoms. The highest BCUT2D eigenvalue weighted by atomic mass is 19.1. The van der Waals surface area contributed by atoms with Crippen molar-refractivity contribution in [2.24, 2.45) is 0 Å². The van der Waals surface area contributed by atoms with Crippen molar-refractivity contribution >= 4 is 0 Å². The van der Waals surface area contributed by atoms with Crippen molar-refractivity contribution in [3.8, 4) is 0 Å². The molecule has 0 saturated heterocycles. The average Bonchev–Trinajstić information content (AvgIpc) is 2.44. The molecule has 1 unspecified atom stereocenters. The number of halogens is 1. The van der Waals surface area contributed by atoms with Crippen LogP contribution in [0.3, 0.4) is 0 Å². The molecule has 0 bridgehead atoms. The second-order valence-electron chi connectivity index (χ2n) is 4.89. The van der Waals surface area contributed by atoms with Crippen LogP contribution in [0.15, 0.2) is 48.5 Å². The molecule has 0 fully saturated rings. The molecule has 2 aromatic carbocycles. The summed E-state index contributed by atoms with van der Waals surface area (Å²) in [5.41, 5.74) is 3.14. The van der Waals surface area contributed by atoms with Crippen molar-refractivity contribution in [1.82, 2.24) is 5.32 Å². The smallest absolute Gasteiger partial charge is 0.127 e. The normalized spacial score (nSPS) is 12.4. The molecule has 0 aliphatic carbocycles. The van der Waals surface area contributed by atoms with E-state index in [2.05, 4.69) is 17.4 Å².